The van der Waals surface area contributed by atoms with E-state index in [-0.39, 0.29) is 5.92 Å². The summed E-state index contributed by atoms with van der Waals surface area (Å²) in [7, 11) is 1.31. The quantitative estimate of drug-likeness (QED) is 0.692. The van der Waals surface area contributed by atoms with Gasteiger partial charge in [-0.25, -0.2) is 4.79 Å². The van der Waals surface area contributed by atoms with Gasteiger partial charge in [0.25, 0.3) is 0 Å². The van der Waals surface area contributed by atoms with Crippen LogP contribution < -0.4 is 0 Å². The summed E-state index contributed by atoms with van der Waals surface area (Å²) in [5.74, 6) is 0.458. The minimum Gasteiger partial charge on any atom is -0.467 e. The molecule has 0 rings (SSSR count). The zero-order valence-corrected chi connectivity index (χ0v) is 10.5. The van der Waals surface area contributed by atoms with E-state index in [2.05, 4.69) is 32.4 Å². The maximum absolute atomic E-state index is 11.2. The molecule has 15 heavy (non-hydrogen) atoms. The van der Waals surface area contributed by atoms with Gasteiger partial charge >= 0.3 is 5.97 Å². The van der Waals surface area contributed by atoms with Crippen molar-refractivity contribution in [2.75, 3.05) is 7.11 Å². The van der Waals surface area contributed by atoms with Gasteiger partial charge in [0.05, 0.1) is 7.11 Å². The summed E-state index contributed by atoms with van der Waals surface area (Å²) in [5.41, 5.74) is 0. The van der Waals surface area contributed by atoms with Gasteiger partial charge in [-0.15, -0.1) is 0 Å². The average molecular weight is 216 g/mol. The third-order valence-electron chi connectivity index (χ3n) is 2.44. The van der Waals surface area contributed by atoms with Crippen molar-refractivity contribution < 1.29 is 14.6 Å². The van der Waals surface area contributed by atoms with E-state index in [9.17, 15) is 9.90 Å². The molecular formula is C12H24O3. The Kier molecular flexibility index (Phi) is 6.57. The molecule has 0 bridgehead atoms. The molecule has 0 aliphatic carbocycles. The van der Waals surface area contributed by atoms with Gasteiger partial charge in [0.1, 0.15) is 0 Å². The highest BCUT2D eigenvalue weighted by atomic mass is 16.5. The molecule has 0 aromatic carbocycles. The van der Waals surface area contributed by atoms with Crippen LogP contribution in [-0.4, -0.2) is 24.3 Å². The van der Waals surface area contributed by atoms with Crippen molar-refractivity contribution in [3.05, 3.63) is 0 Å². The van der Waals surface area contributed by atoms with Crippen LogP contribution in [0.25, 0.3) is 0 Å². The summed E-state index contributed by atoms with van der Waals surface area (Å²) in [6.07, 6.45) is 0.739. The van der Waals surface area contributed by atoms with Crippen molar-refractivity contribution in [3.63, 3.8) is 0 Å². The van der Waals surface area contributed by atoms with E-state index < -0.39 is 12.1 Å². The van der Waals surface area contributed by atoms with Crippen LogP contribution in [0.5, 0.6) is 0 Å². The lowest BCUT2D eigenvalue weighted by Gasteiger charge is -2.24. The summed E-state index contributed by atoms with van der Waals surface area (Å²) < 4.78 is 4.57. The molecule has 3 nitrogen and oxygen atoms in total. The molecule has 0 heterocycles. The first-order valence-electron chi connectivity index (χ1n) is 5.64. The molecule has 0 saturated carbocycles. The van der Waals surface area contributed by atoms with Crippen LogP contribution in [0.15, 0.2) is 0 Å². The largest absolute Gasteiger partial charge is 0.467 e. The molecule has 0 saturated heterocycles. The Labute approximate surface area is 92.8 Å². The molecule has 1 unspecified atom stereocenters. The first-order chi connectivity index (χ1) is 6.88. The molecule has 90 valence electrons. The number of rotatable bonds is 6. The van der Waals surface area contributed by atoms with Crippen LogP contribution in [0, 0.1) is 17.8 Å². The van der Waals surface area contributed by atoms with Gasteiger partial charge < -0.3 is 9.84 Å². The highest BCUT2D eigenvalue weighted by Crippen LogP contribution is 2.23. The second-order valence-corrected chi connectivity index (χ2v) is 4.99. The van der Waals surface area contributed by atoms with Crippen LogP contribution in [-0.2, 0) is 9.53 Å². The molecule has 0 amide bonds. The number of carbonyl (C=O) groups is 1. The van der Waals surface area contributed by atoms with Crippen molar-refractivity contribution in [2.24, 2.45) is 17.8 Å². The maximum Gasteiger partial charge on any atom is 0.334 e. The van der Waals surface area contributed by atoms with Crippen LogP contribution in [0.3, 0.4) is 0 Å². The number of aliphatic hydroxyl groups is 1. The average Bonchev–Trinajstić information content (AvgIpc) is 2.13. The second kappa shape index (κ2) is 6.83. The van der Waals surface area contributed by atoms with E-state index in [0.717, 1.165) is 12.8 Å². The molecule has 3 heteroatoms. The third kappa shape index (κ3) is 5.78. The van der Waals surface area contributed by atoms with Crippen LogP contribution in [0.1, 0.15) is 40.5 Å². The number of ether oxygens (including phenoxy) is 1. The zero-order chi connectivity index (χ0) is 12.0. The fourth-order valence-electron chi connectivity index (χ4n) is 1.88. The first kappa shape index (κ1) is 14.4. The minimum atomic E-state index is -0.972. The van der Waals surface area contributed by atoms with E-state index >= 15 is 0 Å². The Morgan fingerprint density at radius 2 is 1.53 bits per heavy atom. The smallest absolute Gasteiger partial charge is 0.334 e. The normalized spacial score (nSPS) is 13.7. The molecule has 0 fully saturated rings. The highest BCUT2D eigenvalue weighted by molar-refractivity contribution is 5.74. The van der Waals surface area contributed by atoms with Gasteiger partial charge in [-0.05, 0) is 30.6 Å². The molecule has 0 aliphatic heterocycles. The SMILES string of the molecule is COC(=O)C(O)C(CC(C)C)CC(C)C. The number of methoxy groups -OCH3 is 1. The van der Waals surface area contributed by atoms with Crippen molar-refractivity contribution in [1.82, 2.24) is 0 Å². The Balaban J connectivity index is 4.39. The molecule has 0 aromatic rings. The number of hydrogen-bond acceptors (Lipinski definition) is 3. The number of hydrogen-bond donors (Lipinski definition) is 1. The fraction of sp³-hybridized carbons (Fsp3) is 0.917. The van der Waals surface area contributed by atoms with Gasteiger partial charge in [0.15, 0.2) is 6.10 Å². The van der Waals surface area contributed by atoms with Crippen molar-refractivity contribution >= 4 is 5.97 Å². The van der Waals surface area contributed by atoms with Crippen LogP contribution in [0.2, 0.25) is 0 Å². The topological polar surface area (TPSA) is 46.5 Å². The Bertz CT molecular complexity index is 177. The minimum absolute atomic E-state index is 0.0115. The first-order valence-corrected chi connectivity index (χ1v) is 5.64. The summed E-state index contributed by atoms with van der Waals surface area (Å²) in [5, 5.41) is 9.80. The van der Waals surface area contributed by atoms with E-state index in [1.807, 2.05) is 0 Å². The molecule has 0 aromatic heterocycles. The predicted octanol–water partition coefficient (Wildman–Crippen LogP) is 2.23. The van der Waals surface area contributed by atoms with E-state index in [0.29, 0.717) is 11.8 Å². The van der Waals surface area contributed by atoms with E-state index in [1.54, 1.807) is 0 Å². The van der Waals surface area contributed by atoms with E-state index in [1.165, 1.54) is 7.11 Å². The number of carbonyl (C=O) groups excluding carboxylic acids is 1. The summed E-state index contributed by atoms with van der Waals surface area (Å²) in [6, 6.07) is 0. The summed E-state index contributed by atoms with van der Waals surface area (Å²) in [6.45, 7) is 8.38. The van der Waals surface area contributed by atoms with Crippen LogP contribution in [0.4, 0.5) is 0 Å². The lowest BCUT2D eigenvalue weighted by Crippen LogP contribution is -2.32. The van der Waals surface area contributed by atoms with Gasteiger partial charge in [0.2, 0.25) is 0 Å². The Hall–Kier alpha value is -0.570. The standard InChI is InChI=1S/C12H24O3/c1-8(2)6-10(7-9(3)4)11(13)12(14)15-5/h8-11,13H,6-7H2,1-5H3. The lowest BCUT2D eigenvalue weighted by atomic mass is 9.85. The zero-order valence-electron chi connectivity index (χ0n) is 10.5. The molecule has 1 N–H and O–H groups in total. The van der Waals surface area contributed by atoms with Crippen LogP contribution >= 0.6 is 0 Å². The molecule has 0 aliphatic rings. The van der Waals surface area contributed by atoms with Crippen molar-refractivity contribution in [3.8, 4) is 0 Å². The Morgan fingerprint density at radius 1 is 1.13 bits per heavy atom. The van der Waals surface area contributed by atoms with E-state index in [4.69, 9.17) is 0 Å². The highest BCUT2D eigenvalue weighted by Gasteiger charge is 2.27. The molecule has 0 spiro atoms. The lowest BCUT2D eigenvalue weighted by molar-refractivity contribution is -0.154. The monoisotopic (exact) mass is 216 g/mol. The predicted molar refractivity (Wildman–Crippen MR) is 60.4 cm³/mol. The molecule has 1 atom stereocenters. The third-order valence-corrected chi connectivity index (χ3v) is 2.44. The van der Waals surface area contributed by atoms with Crippen molar-refractivity contribution in [2.45, 2.75) is 46.6 Å². The number of aliphatic hydroxyl groups excluding tert-OH is 1. The van der Waals surface area contributed by atoms with Gasteiger partial charge in [-0.1, -0.05) is 27.7 Å². The number of esters is 1. The maximum atomic E-state index is 11.2. The summed E-state index contributed by atoms with van der Waals surface area (Å²) in [4.78, 5) is 11.2. The van der Waals surface area contributed by atoms with Gasteiger partial charge in [-0.2, -0.15) is 0 Å². The van der Waals surface area contributed by atoms with Crippen molar-refractivity contribution in [1.29, 1.82) is 0 Å². The summed E-state index contributed by atoms with van der Waals surface area (Å²) >= 11 is 0. The molecular weight excluding hydrogens is 192 g/mol. The second-order valence-electron chi connectivity index (χ2n) is 4.99. The van der Waals surface area contributed by atoms with Gasteiger partial charge in [0, 0.05) is 0 Å². The Morgan fingerprint density at radius 3 is 1.80 bits per heavy atom. The fourth-order valence-corrected chi connectivity index (χ4v) is 1.88. The molecule has 0 radical (unpaired) electrons. The van der Waals surface area contributed by atoms with Gasteiger partial charge in [-0.3, -0.25) is 0 Å².